The maximum atomic E-state index is 6.35. The van der Waals surface area contributed by atoms with Crippen LogP contribution < -0.4 is 9.47 Å². The summed E-state index contributed by atoms with van der Waals surface area (Å²) in [6.07, 6.45) is 2.94. The van der Waals surface area contributed by atoms with Gasteiger partial charge in [0.25, 0.3) is 0 Å². The molecule has 4 heteroatoms. The van der Waals surface area contributed by atoms with Crippen LogP contribution in [0.15, 0.2) is 12.1 Å². The predicted molar refractivity (Wildman–Crippen MR) is 74.4 cm³/mol. The minimum absolute atomic E-state index is 0.366. The smallest absolute Gasteiger partial charge is 0.162 e. The normalized spacial score (nSPS) is 26.1. The van der Waals surface area contributed by atoms with E-state index >= 15 is 0 Å². The fourth-order valence-electron chi connectivity index (χ4n) is 2.68. The largest absolute Gasteiger partial charge is 0.486 e. The molecule has 1 aromatic rings. The van der Waals surface area contributed by atoms with Gasteiger partial charge < -0.3 is 14.2 Å². The minimum atomic E-state index is 0.366. The Bertz CT molecular complexity index is 475. The first-order valence-corrected chi connectivity index (χ1v) is 7.31. The second-order valence-corrected chi connectivity index (χ2v) is 5.68. The molecule has 2 heterocycles. The van der Waals surface area contributed by atoms with Crippen molar-refractivity contribution in [2.45, 2.75) is 44.8 Å². The molecule has 0 radical (unpaired) electrons. The minimum Gasteiger partial charge on any atom is -0.486 e. The first kappa shape index (κ1) is 13.1. The molecule has 0 amide bonds. The van der Waals surface area contributed by atoms with E-state index in [1.807, 2.05) is 12.1 Å². The van der Waals surface area contributed by atoms with Crippen LogP contribution in [0.3, 0.4) is 0 Å². The lowest BCUT2D eigenvalue weighted by atomic mass is 9.94. The molecule has 3 rings (SSSR count). The predicted octanol–water partition coefficient (Wildman–Crippen LogP) is 3.78. The lowest BCUT2D eigenvalue weighted by Crippen LogP contribution is -2.16. The van der Waals surface area contributed by atoms with Crippen molar-refractivity contribution >= 4 is 11.6 Å². The Morgan fingerprint density at radius 1 is 1.21 bits per heavy atom. The van der Waals surface area contributed by atoms with Gasteiger partial charge in [0.05, 0.1) is 12.2 Å². The van der Waals surface area contributed by atoms with Gasteiger partial charge in [-0.2, -0.15) is 0 Å². The Kier molecular flexibility index (Phi) is 3.59. The quantitative estimate of drug-likeness (QED) is 0.788. The van der Waals surface area contributed by atoms with Gasteiger partial charge in [-0.15, -0.1) is 0 Å². The second-order valence-electron chi connectivity index (χ2n) is 5.28. The molecule has 104 valence electrons. The van der Waals surface area contributed by atoms with Gasteiger partial charge >= 0.3 is 0 Å². The standard InChI is InChI=1S/C15H19ClO3/c1-3-12-15(19-12)6-9(2)10-7-13-14(8-11(10)16)18-5-4-17-13/h7-9,12,15H,3-6H2,1-2H3. The van der Waals surface area contributed by atoms with Gasteiger partial charge in [-0.25, -0.2) is 0 Å². The van der Waals surface area contributed by atoms with E-state index in [4.69, 9.17) is 25.8 Å². The van der Waals surface area contributed by atoms with E-state index in [-0.39, 0.29) is 0 Å². The molecule has 3 nitrogen and oxygen atoms in total. The topological polar surface area (TPSA) is 31.0 Å². The van der Waals surface area contributed by atoms with Crippen LogP contribution in [-0.2, 0) is 4.74 Å². The molecule has 0 aliphatic carbocycles. The zero-order chi connectivity index (χ0) is 13.4. The van der Waals surface area contributed by atoms with Crippen molar-refractivity contribution < 1.29 is 14.2 Å². The number of epoxide rings is 1. The van der Waals surface area contributed by atoms with Crippen LogP contribution in [0, 0.1) is 0 Å². The Morgan fingerprint density at radius 2 is 1.89 bits per heavy atom. The van der Waals surface area contributed by atoms with Crippen molar-refractivity contribution in [1.82, 2.24) is 0 Å². The molecular weight excluding hydrogens is 264 g/mol. The number of ether oxygens (including phenoxy) is 3. The van der Waals surface area contributed by atoms with Crippen LogP contribution >= 0.6 is 11.6 Å². The van der Waals surface area contributed by atoms with Crippen molar-refractivity contribution in [3.05, 3.63) is 22.7 Å². The van der Waals surface area contributed by atoms with Crippen LogP contribution in [0.5, 0.6) is 11.5 Å². The highest BCUT2D eigenvalue weighted by molar-refractivity contribution is 6.31. The molecule has 3 atom stereocenters. The van der Waals surface area contributed by atoms with Crippen LogP contribution in [0.1, 0.15) is 38.2 Å². The average molecular weight is 283 g/mol. The Balaban J connectivity index is 1.76. The van der Waals surface area contributed by atoms with Gasteiger partial charge in [-0.05, 0) is 30.4 Å². The third-order valence-corrected chi connectivity index (χ3v) is 4.20. The summed E-state index contributed by atoms with van der Waals surface area (Å²) in [4.78, 5) is 0. The number of benzene rings is 1. The molecule has 2 aliphatic rings. The molecule has 1 saturated heterocycles. The van der Waals surface area contributed by atoms with Gasteiger partial charge in [0.15, 0.2) is 11.5 Å². The number of hydrogen-bond donors (Lipinski definition) is 0. The molecule has 0 bridgehead atoms. The molecule has 3 unspecified atom stereocenters. The highest BCUT2D eigenvalue weighted by Gasteiger charge is 2.38. The highest BCUT2D eigenvalue weighted by Crippen LogP contribution is 2.41. The fourth-order valence-corrected chi connectivity index (χ4v) is 3.02. The van der Waals surface area contributed by atoms with Crippen molar-refractivity contribution in [2.75, 3.05) is 13.2 Å². The van der Waals surface area contributed by atoms with E-state index in [9.17, 15) is 0 Å². The molecule has 0 aromatic heterocycles. The first-order valence-electron chi connectivity index (χ1n) is 6.93. The van der Waals surface area contributed by atoms with E-state index in [0.717, 1.165) is 34.9 Å². The van der Waals surface area contributed by atoms with Gasteiger partial charge in [0, 0.05) is 11.1 Å². The van der Waals surface area contributed by atoms with Gasteiger partial charge in [-0.3, -0.25) is 0 Å². The zero-order valence-electron chi connectivity index (χ0n) is 11.3. The molecule has 2 aliphatic heterocycles. The first-order chi connectivity index (χ1) is 9.19. The third-order valence-electron chi connectivity index (χ3n) is 3.87. The average Bonchev–Trinajstić information content (AvgIpc) is 3.16. The molecular formula is C15H19ClO3. The van der Waals surface area contributed by atoms with Gasteiger partial charge in [-0.1, -0.05) is 25.4 Å². The summed E-state index contributed by atoms with van der Waals surface area (Å²) in [6.45, 7) is 5.54. The summed E-state index contributed by atoms with van der Waals surface area (Å²) in [7, 11) is 0. The summed E-state index contributed by atoms with van der Waals surface area (Å²) in [5, 5.41) is 0.755. The number of rotatable bonds is 4. The zero-order valence-corrected chi connectivity index (χ0v) is 12.1. The van der Waals surface area contributed by atoms with Crippen molar-refractivity contribution in [3.8, 4) is 11.5 Å². The summed E-state index contributed by atoms with van der Waals surface area (Å²) >= 11 is 6.35. The molecule has 0 N–H and O–H groups in total. The van der Waals surface area contributed by atoms with Crippen LogP contribution in [0.2, 0.25) is 5.02 Å². The van der Waals surface area contributed by atoms with Crippen molar-refractivity contribution in [1.29, 1.82) is 0 Å². The van der Waals surface area contributed by atoms with E-state index in [0.29, 0.717) is 31.3 Å². The third kappa shape index (κ3) is 2.67. The molecule has 19 heavy (non-hydrogen) atoms. The number of fused-ring (bicyclic) bond motifs is 1. The lowest BCUT2D eigenvalue weighted by Gasteiger charge is -2.21. The molecule has 0 spiro atoms. The molecule has 1 fully saturated rings. The molecule has 0 saturated carbocycles. The Morgan fingerprint density at radius 3 is 2.53 bits per heavy atom. The maximum Gasteiger partial charge on any atom is 0.162 e. The van der Waals surface area contributed by atoms with Crippen LogP contribution in [0.4, 0.5) is 0 Å². The summed E-state index contributed by atoms with van der Waals surface area (Å²) in [5.41, 5.74) is 1.12. The van der Waals surface area contributed by atoms with Gasteiger partial charge in [0.2, 0.25) is 0 Å². The monoisotopic (exact) mass is 282 g/mol. The Hall–Kier alpha value is -0.930. The summed E-state index contributed by atoms with van der Waals surface area (Å²) in [5.74, 6) is 1.92. The van der Waals surface area contributed by atoms with E-state index in [1.165, 1.54) is 0 Å². The number of hydrogen-bond acceptors (Lipinski definition) is 3. The fraction of sp³-hybridized carbons (Fsp3) is 0.600. The lowest BCUT2D eigenvalue weighted by molar-refractivity contribution is 0.171. The van der Waals surface area contributed by atoms with Crippen LogP contribution in [0.25, 0.3) is 0 Å². The summed E-state index contributed by atoms with van der Waals surface area (Å²) in [6, 6.07) is 3.89. The Labute approximate surface area is 118 Å². The number of halogens is 1. The molecule has 1 aromatic carbocycles. The summed E-state index contributed by atoms with van der Waals surface area (Å²) < 4.78 is 16.8. The van der Waals surface area contributed by atoms with E-state index in [2.05, 4.69) is 13.8 Å². The van der Waals surface area contributed by atoms with Gasteiger partial charge in [0.1, 0.15) is 13.2 Å². The van der Waals surface area contributed by atoms with Crippen LogP contribution in [-0.4, -0.2) is 25.4 Å². The van der Waals surface area contributed by atoms with Crippen molar-refractivity contribution in [2.24, 2.45) is 0 Å². The maximum absolute atomic E-state index is 6.35. The highest BCUT2D eigenvalue weighted by atomic mass is 35.5. The van der Waals surface area contributed by atoms with E-state index in [1.54, 1.807) is 0 Å². The second kappa shape index (κ2) is 5.22. The van der Waals surface area contributed by atoms with E-state index < -0.39 is 0 Å². The SMILES string of the molecule is CCC1OC1CC(C)c1cc2c(cc1Cl)OCCO2. The van der Waals surface area contributed by atoms with Crippen molar-refractivity contribution in [3.63, 3.8) is 0 Å².